The molecule has 5 nitrogen and oxygen atoms in total. The van der Waals surface area contributed by atoms with E-state index in [2.05, 4.69) is 5.32 Å². The predicted molar refractivity (Wildman–Crippen MR) is 55.5 cm³/mol. The summed E-state index contributed by atoms with van der Waals surface area (Å²) in [6.07, 6.45) is 1.57. The lowest BCUT2D eigenvalue weighted by atomic mass is 9.69. The molecule has 2 bridgehead atoms. The molecule has 1 N–H and O–H groups in total. The number of hydrogen-bond acceptors (Lipinski definition) is 5. The van der Waals surface area contributed by atoms with Gasteiger partial charge in [-0.1, -0.05) is 0 Å². The van der Waals surface area contributed by atoms with Crippen molar-refractivity contribution in [2.75, 3.05) is 21.3 Å². The zero-order chi connectivity index (χ0) is 11.9. The monoisotopic (exact) mass is 227 g/mol. The third-order valence-electron chi connectivity index (χ3n) is 4.18. The summed E-state index contributed by atoms with van der Waals surface area (Å²) in [6.45, 7) is 0. The van der Waals surface area contributed by atoms with E-state index in [1.165, 1.54) is 14.2 Å². The topological polar surface area (TPSA) is 64.6 Å². The molecule has 16 heavy (non-hydrogen) atoms. The molecule has 0 saturated heterocycles. The van der Waals surface area contributed by atoms with E-state index in [1.807, 2.05) is 0 Å². The summed E-state index contributed by atoms with van der Waals surface area (Å²) in [5, 5.41) is 3.05. The van der Waals surface area contributed by atoms with Gasteiger partial charge < -0.3 is 14.8 Å². The molecular formula is C11H17NO4. The van der Waals surface area contributed by atoms with Gasteiger partial charge in [0.2, 0.25) is 0 Å². The fourth-order valence-electron chi connectivity index (χ4n) is 3.33. The van der Waals surface area contributed by atoms with E-state index >= 15 is 0 Å². The molecule has 3 aliphatic carbocycles. The molecule has 0 aliphatic heterocycles. The van der Waals surface area contributed by atoms with Crippen LogP contribution in [0.4, 0.5) is 0 Å². The Morgan fingerprint density at radius 1 is 1.31 bits per heavy atom. The highest BCUT2D eigenvalue weighted by Crippen LogP contribution is 2.59. The second-order valence-corrected chi connectivity index (χ2v) is 4.57. The minimum Gasteiger partial charge on any atom is -0.469 e. The van der Waals surface area contributed by atoms with E-state index in [9.17, 15) is 9.59 Å². The third-order valence-corrected chi connectivity index (χ3v) is 4.18. The Morgan fingerprint density at radius 3 is 2.50 bits per heavy atom. The van der Waals surface area contributed by atoms with Crippen molar-refractivity contribution in [3.63, 3.8) is 0 Å². The number of nitrogens with one attached hydrogen (secondary N) is 1. The second kappa shape index (κ2) is 3.73. The van der Waals surface area contributed by atoms with Crippen molar-refractivity contribution in [1.82, 2.24) is 5.32 Å². The first-order valence-corrected chi connectivity index (χ1v) is 5.46. The number of fused-ring (bicyclic) bond motifs is 1. The Morgan fingerprint density at radius 2 is 2.00 bits per heavy atom. The average Bonchev–Trinajstić information content (AvgIpc) is 2.82. The van der Waals surface area contributed by atoms with Crippen molar-refractivity contribution in [3.05, 3.63) is 0 Å². The van der Waals surface area contributed by atoms with Crippen LogP contribution < -0.4 is 5.32 Å². The number of methoxy groups -OCH3 is 2. The lowest BCUT2D eigenvalue weighted by Gasteiger charge is -2.37. The van der Waals surface area contributed by atoms with Gasteiger partial charge in [-0.25, -0.2) is 0 Å². The molecule has 0 amide bonds. The molecule has 5 heteroatoms. The third kappa shape index (κ3) is 1.21. The van der Waals surface area contributed by atoms with E-state index in [-0.39, 0.29) is 29.7 Å². The van der Waals surface area contributed by atoms with E-state index < -0.39 is 5.54 Å². The summed E-state index contributed by atoms with van der Waals surface area (Å²) in [5.74, 6) is -0.348. The Balaban J connectivity index is 2.21. The molecule has 0 aromatic rings. The standard InChI is InChI=1S/C11H17NO4/c1-12-11(10(14)16-3)5-6-4-7(11)8(6)9(13)15-2/h6-8,12H,4-5H2,1-3H3/t6-,7-,8-,11-/m0/s1. The second-order valence-electron chi connectivity index (χ2n) is 4.57. The van der Waals surface area contributed by atoms with Crippen LogP contribution in [0.2, 0.25) is 0 Å². The van der Waals surface area contributed by atoms with Crippen molar-refractivity contribution in [2.45, 2.75) is 18.4 Å². The summed E-state index contributed by atoms with van der Waals surface area (Å²) < 4.78 is 9.60. The molecule has 0 heterocycles. The highest BCUT2D eigenvalue weighted by Gasteiger charge is 2.67. The minimum absolute atomic E-state index is 0.0161. The van der Waals surface area contributed by atoms with Gasteiger partial charge in [0.05, 0.1) is 20.1 Å². The highest BCUT2D eigenvalue weighted by molar-refractivity contribution is 5.86. The van der Waals surface area contributed by atoms with Gasteiger partial charge in [-0.15, -0.1) is 0 Å². The molecule has 0 unspecified atom stereocenters. The van der Waals surface area contributed by atoms with Gasteiger partial charge in [0.25, 0.3) is 0 Å². The first-order valence-electron chi connectivity index (χ1n) is 5.46. The largest absolute Gasteiger partial charge is 0.469 e. The van der Waals surface area contributed by atoms with Crippen molar-refractivity contribution in [3.8, 4) is 0 Å². The van der Waals surface area contributed by atoms with Gasteiger partial charge in [-0.05, 0) is 25.8 Å². The van der Waals surface area contributed by atoms with Gasteiger partial charge in [0.1, 0.15) is 5.54 Å². The van der Waals surface area contributed by atoms with Gasteiger partial charge in [0.15, 0.2) is 0 Å². The summed E-state index contributed by atoms with van der Waals surface area (Å²) in [4.78, 5) is 23.4. The molecular weight excluding hydrogens is 210 g/mol. The SMILES string of the molecule is CN[C@@]1(C(=O)OC)C[C@@H]2C[C@H]1[C@H]2C(=O)OC. The average molecular weight is 227 g/mol. The highest BCUT2D eigenvalue weighted by atomic mass is 16.5. The van der Waals surface area contributed by atoms with Crippen LogP contribution in [0.5, 0.6) is 0 Å². The maximum Gasteiger partial charge on any atom is 0.326 e. The van der Waals surface area contributed by atoms with E-state index in [1.54, 1.807) is 7.05 Å². The van der Waals surface area contributed by atoms with E-state index in [0.29, 0.717) is 6.42 Å². The van der Waals surface area contributed by atoms with Crippen LogP contribution in [-0.2, 0) is 19.1 Å². The molecule has 90 valence electrons. The number of hydrogen-bond donors (Lipinski definition) is 1. The van der Waals surface area contributed by atoms with Gasteiger partial charge in [-0.2, -0.15) is 0 Å². The number of rotatable bonds is 3. The van der Waals surface area contributed by atoms with Crippen LogP contribution in [-0.4, -0.2) is 38.7 Å². The van der Waals surface area contributed by atoms with Crippen LogP contribution in [0.15, 0.2) is 0 Å². The summed E-state index contributed by atoms with van der Waals surface area (Å²) in [7, 11) is 4.51. The van der Waals surface area contributed by atoms with Crippen LogP contribution in [0, 0.1) is 17.8 Å². The predicted octanol–water partition coefficient (Wildman–Crippen LogP) is -0.0534. The molecule has 3 fully saturated rings. The zero-order valence-electron chi connectivity index (χ0n) is 9.78. The molecule has 0 spiro atoms. The van der Waals surface area contributed by atoms with Crippen molar-refractivity contribution in [2.24, 2.45) is 17.8 Å². The zero-order valence-corrected chi connectivity index (χ0v) is 9.78. The van der Waals surface area contributed by atoms with Crippen LogP contribution in [0.1, 0.15) is 12.8 Å². The minimum atomic E-state index is -0.682. The van der Waals surface area contributed by atoms with E-state index in [4.69, 9.17) is 9.47 Å². The summed E-state index contributed by atoms with van der Waals surface area (Å²) >= 11 is 0. The number of likely N-dealkylation sites (N-methyl/N-ethyl adjacent to an activating group) is 1. The van der Waals surface area contributed by atoms with Crippen molar-refractivity contribution < 1.29 is 19.1 Å². The fourth-order valence-corrected chi connectivity index (χ4v) is 3.33. The van der Waals surface area contributed by atoms with Gasteiger partial charge >= 0.3 is 11.9 Å². The molecule has 0 aromatic carbocycles. The van der Waals surface area contributed by atoms with Crippen LogP contribution >= 0.6 is 0 Å². The Hall–Kier alpha value is -1.10. The number of esters is 2. The normalized spacial score (nSPS) is 40.1. The van der Waals surface area contributed by atoms with Crippen molar-refractivity contribution >= 4 is 11.9 Å². The molecule has 4 atom stereocenters. The van der Waals surface area contributed by atoms with Crippen molar-refractivity contribution in [1.29, 1.82) is 0 Å². The van der Waals surface area contributed by atoms with Gasteiger partial charge in [0, 0.05) is 5.92 Å². The van der Waals surface area contributed by atoms with Crippen LogP contribution in [0.25, 0.3) is 0 Å². The lowest BCUT2D eigenvalue weighted by molar-refractivity contribution is -0.157. The lowest BCUT2D eigenvalue weighted by Crippen LogP contribution is -2.55. The smallest absolute Gasteiger partial charge is 0.326 e. The summed E-state index contributed by atoms with van der Waals surface area (Å²) in [5.41, 5.74) is -0.682. The maximum absolute atomic E-state index is 11.8. The Bertz CT molecular complexity index is 330. The number of ether oxygens (including phenoxy) is 2. The van der Waals surface area contributed by atoms with E-state index in [0.717, 1.165) is 6.42 Å². The molecule has 3 aliphatic rings. The quantitative estimate of drug-likeness (QED) is 0.685. The maximum atomic E-state index is 11.8. The molecule has 0 aromatic heterocycles. The molecule has 3 saturated carbocycles. The number of carbonyl (C=O) groups is 2. The van der Waals surface area contributed by atoms with Gasteiger partial charge in [-0.3, -0.25) is 9.59 Å². The first-order chi connectivity index (χ1) is 7.60. The van der Waals surface area contributed by atoms with Crippen LogP contribution in [0.3, 0.4) is 0 Å². The number of carbonyl (C=O) groups excluding carboxylic acids is 2. The molecule has 0 radical (unpaired) electrons. The Kier molecular flexibility index (Phi) is 2.66. The molecule has 3 rings (SSSR count). The Labute approximate surface area is 94.5 Å². The fraction of sp³-hybridized carbons (Fsp3) is 0.818. The summed E-state index contributed by atoms with van der Waals surface area (Å²) in [6, 6.07) is 0. The first kappa shape index (κ1) is 11.4.